The molecule has 2 aromatic heterocycles. The number of nitrogens with zero attached hydrogens (tertiary/aromatic N) is 2. The maximum absolute atomic E-state index is 13.1. The number of thioether (sulfide) groups is 1. The molecule has 2 heterocycles. The van der Waals surface area contributed by atoms with Crippen molar-refractivity contribution in [1.29, 1.82) is 0 Å². The van der Waals surface area contributed by atoms with Crippen LogP contribution in [0.4, 0.5) is 0 Å². The highest BCUT2D eigenvalue weighted by Gasteiger charge is 2.13. The average molecular weight is 526 g/mol. The van der Waals surface area contributed by atoms with Crippen LogP contribution in [0.15, 0.2) is 76.0 Å². The van der Waals surface area contributed by atoms with E-state index in [2.05, 4.69) is 17.4 Å². The summed E-state index contributed by atoms with van der Waals surface area (Å²) in [5.41, 5.74) is 2.98. The monoisotopic (exact) mass is 525 g/mol. The molecule has 0 aliphatic carbocycles. The largest absolute Gasteiger partial charge is 0.356 e. The summed E-state index contributed by atoms with van der Waals surface area (Å²) in [5, 5.41) is 6.32. The molecule has 0 saturated carbocycles. The quantitative estimate of drug-likeness (QED) is 0.133. The van der Waals surface area contributed by atoms with Gasteiger partial charge in [0.05, 0.1) is 5.52 Å². The van der Waals surface area contributed by atoms with Crippen molar-refractivity contribution in [3.8, 4) is 0 Å². The molecular weight excluding hydrogens is 498 g/mol. The van der Waals surface area contributed by atoms with Crippen LogP contribution in [0.3, 0.4) is 0 Å². The molecule has 0 atom stereocenters. The predicted molar refractivity (Wildman–Crippen MR) is 147 cm³/mol. The van der Waals surface area contributed by atoms with Crippen LogP contribution in [0.1, 0.15) is 36.8 Å². The molecule has 0 aliphatic heterocycles. The number of amides is 1. The van der Waals surface area contributed by atoms with Gasteiger partial charge in [0, 0.05) is 30.3 Å². The molecule has 35 heavy (non-hydrogen) atoms. The minimum absolute atomic E-state index is 0.00492. The minimum Gasteiger partial charge on any atom is -0.356 e. The zero-order chi connectivity index (χ0) is 24.5. The standard InChI is InChI=1S/C27H28ClN3O2S2/c28-22-12-7-6-11-21(22)19-35-27-30-23-15-18-34-25(23)26(33)31(27)17-8-2-5-13-24(32)29-16-14-20-9-3-1-4-10-20/h1,3-4,6-7,9-12,15,18H,2,5,8,13-14,16-17,19H2,(H,29,32). The summed E-state index contributed by atoms with van der Waals surface area (Å²) in [5.74, 6) is 0.723. The first-order valence-electron chi connectivity index (χ1n) is 11.8. The fourth-order valence-corrected chi connectivity index (χ4v) is 5.89. The Morgan fingerprint density at radius 1 is 1.03 bits per heavy atom. The normalized spacial score (nSPS) is 11.1. The summed E-state index contributed by atoms with van der Waals surface area (Å²) in [7, 11) is 0. The van der Waals surface area contributed by atoms with Crippen LogP contribution in [0.2, 0.25) is 5.02 Å². The summed E-state index contributed by atoms with van der Waals surface area (Å²) in [6, 6.07) is 19.8. The lowest BCUT2D eigenvalue weighted by atomic mass is 10.1. The third-order valence-corrected chi connectivity index (χ3v) is 8.00. The Hall–Kier alpha value is -2.61. The van der Waals surface area contributed by atoms with Gasteiger partial charge in [0.15, 0.2) is 5.16 Å². The van der Waals surface area contributed by atoms with Gasteiger partial charge in [-0.05, 0) is 47.9 Å². The molecule has 5 nitrogen and oxygen atoms in total. The molecule has 0 unspecified atom stereocenters. The van der Waals surface area contributed by atoms with Crippen molar-refractivity contribution in [2.24, 2.45) is 0 Å². The number of carbonyl (C=O) groups is 1. The Morgan fingerprint density at radius 2 is 1.83 bits per heavy atom. The molecule has 4 rings (SSSR count). The van der Waals surface area contributed by atoms with Crippen LogP contribution in [0, 0.1) is 0 Å². The van der Waals surface area contributed by atoms with Crippen LogP contribution in [0.5, 0.6) is 0 Å². The molecule has 182 valence electrons. The second-order valence-corrected chi connectivity index (χ2v) is 10.5. The van der Waals surface area contributed by atoms with Gasteiger partial charge in [-0.25, -0.2) is 4.98 Å². The van der Waals surface area contributed by atoms with E-state index in [4.69, 9.17) is 16.6 Å². The Balaban J connectivity index is 1.28. The van der Waals surface area contributed by atoms with E-state index in [1.807, 2.05) is 53.9 Å². The summed E-state index contributed by atoms with van der Waals surface area (Å²) in [4.78, 5) is 30.0. The lowest BCUT2D eigenvalue weighted by Gasteiger charge is -2.12. The highest BCUT2D eigenvalue weighted by molar-refractivity contribution is 7.98. The molecular formula is C27H28ClN3O2S2. The minimum atomic E-state index is 0.00492. The van der Waals surface area contributed by atoms with Crippen LogP contribution in [-0.2, 0) is 23.5 Å². The molecule has 0 fully saturated rings. The maximum atomic E-state index is 13.1. The number of aromatic nitrogens is 2. The molecule has 0 bridgehead atoms. The number of carbonyl (C=O) groups excluding carboxylic acids is 1. The zero-order valence-corrected chi connectivity index (χ0v) is 21.8. The lowest BCUT2D eigenvalue weighted by Crippen LogP contribution is -2.25. The van der Waals surface area contributed by atoms with Gasteiger partial charge >= 0.3 is 0 Å². The van der Waals surface area contributed by atoms with E-state index in [9.17, 15) is 9.59 Å². The van der Waals surface area contributed by atoms with Gasteiger partial charge < -0.3 is 5.32 Å². The molecule has 0 spiro atoms. The molecule has 1 N–H and O–H groups in total. The third-order valence-electron chi connectivity index (χ3n) is 5.71. The van der Waals surface area contributed by atoms with E-state index in [-0.39, 0.29) is 11.5 Å². The molecule has 8 heteroatoms. The Labute approximate surface area is 218 Å². The maximum Gasteiger partial charge on any atom is 0.272 e. The van der Waals surface area contributed by atoms with Crippen LogP contribution >= 0.6 is 34.7 Å². The summed E-state index contributed by atoms with van der Waals surface area (Å²) in [6.07, 6.45) is 3.82. The molecule has 1 amide bonds. The predicted octanol–water partition coefficient (Wildman–Crippen LogP) is 6.32. The van der Waals surface area contributed by atoms with Crippen LogP contribution < -0.4 is 10.9 Å². The van der Waals surface area contributed by atoms with E-state index in [0.717, 1.165) is 36.8 Å². The van der Waals surface area contributed by atoms with Gasteiger partial charge in [-0.2, -0.15) is 0 Å². The third kappa shape index (κ3) is 7.19. The molecule has 0 radical (unpaired) electrons. The first-order chi connectivity index (χ1) is 17.1. The smallest absolute Gasteiger partial charge is 0.272 e. The van der Waals surface area contributed by atoms with Gasteiger partial charge in [0.1, 0.15) is 4.70 Å². The van der Waals surface area contributed by atoms with E-state index in [1.54, 1.807) is 4.57 Å². The van der Waals surface area contributed by atoms with E-state index >= 15 is 0 Å². The molecule has 4 aromatic rings. The fourth-order valence-electron chi connectivity index (χ4n) is 3.80. The van der Waals surface area contributed by atoms with Crippen LogP contribution in [-0.4, -0.2) is 22.0 Å². The number of hydrogen-bond acceptors (Lipinski definition) is 5. The number of fused-ring (bicyclic) bond motifs is 1. The number of benzene rings is 2. The van der Waals surface area contributed by atoms with E-state index < -0.39 is 0 Å². The number of unbranched alkanes of at least 4 members (excludes halogenated alkanes) is 2. The van der Waals surface area contributed by atoms with Crippen molar-refractivity contribution >= 4 is 50.8 Å². The van der Waals surface area contributed by atoms with E-state index in [0.29, 0.717) is 40.1 Å². The molecule has 0 aliphatic rings. The van der Waals surface area contributed by atoms with Crippen molar-refractivity contribution in [3.05, 3.63) is 92.5 Å². The average Bonchev–Trinajstić information content (AvgIpc) is 3.34. The topological polar surface area (TPSA) is 64.0 Å². The summed E-state index contributed by atoms with van der Waals surface area (Å²) in [6.45, 7) is 1.23. The second-order valence-electron chi connectivity index (χ2n) is 8.26. The Morgan fingerprint density at radius 3 is 2.66 bits per heavy atom. The number of hydrogen-bond donors (Lipinski definition) is 1. The number of nitrogens with one attached hydrogen (secondary N) is 1. The highest BCUT2D eigenvalue weighted by atomic mass is 35.5. The van der Waals surface area contributed by atoms with Gasteiger partial charge in [-0.1, -0.05) is 78.3 Å². The summed E-state index contributed by atoms with van der Waals surface area (Å²) >= 11 is 9.27. The van der Waals surface area contributed by atoms with Crippen LogP contribution in [0.25, 0.3) is 10.2 Å². The van der Waals surface area contributed by atoms with Crippen molar-refractivity contribution in [3.63, 3.8) is 0 Å². The van der Waals surface area contributed by atoms with Crippen molar-refractivity contribution in [2.45, 2.75) is 49.6 Å². The number of rotatable bonds is 12. The highest BCUT2D eigenvalue weighted by Crippen LogP contribution is 2.27. The van der Waals surface area contributed by atoms with Crippen molar-refractivity contribution in [2.75, 3.05) is 6.54 Å². The second kappa shape index (κ2) is 12.9. The summed E-state index contributed by atoms with van der Waals surface area (Å²) < 4.78 is 2.46. The Bertz CT molecular complexity index is 1320. The van der Waals surface area contributed by atoms with Gasteiger partial charge in [0.25, 0.3) is 5.56 Å². The van der Waals surface area contributed by atoms with Gasteiger partial charge in [-0.3, -0.25) is 14.2 Å². The van der Waals surface area contributed by atoms with Gasteiger partial charge in [0.2, 0.25) is 5.91 Å². The van der Waals surface area contributed by atoms with Crippen molar-refractivity contribution in [1.82, 2.24) is 14.9 Å². The fraction of sp³-hybridized carbons (Fsp3) is 0.296. The van der Waals surface area contributed by atoms with Crippen molar-refractivity contribution < 1.29 is 4.79 Å². The first kappa shape index (κ1) is 25.5. The Kier molecular flexibility index (Phi) is 9.40. The molecule has 2 aromatic carbocycles. The lowest BCUT2D eigenvalue weighted by molar-refractivity contribution is -0.121. The zero-order valence-electron chi connectivity index (χ0n) is 19.4. The number of halogens is 1. The first-order valence-corrected chi connectivity index (χ1v) is 14.0. The molecule has 0 saturated heterocycles. The SMILES string of the molecule is O=C(CCCCCn1c(SCc2ccccc2Cl)nc2ccsc2c1=O)NCCc1ccccc1. The van der Waals surface area contributed by atoms with E-state index in [1.165, 1.54) is 28.7 Å². The van der Waals surface area contributed by atoms with Gasteiger partial charge in [-0.15, -0.1) is 11.3 Å². The number of thiophene rings is 1.